The second-order valence-corrected chi connectivity index (χ2v) is 17.7. The first-order chi connectivity index (χ1) is 23.6. The molecule has 17 atom stereocenters. The van der Waals surface area contributed by atoms with Crippen molar-refractivity contribution in [3.8, 4) is 0 Å². The summed E-state index contributed by atoms with van der Waals surface area (Å²) in [6.07, 6.45) is 5.14. The number of carbonyl (C=O) groups is 3. The first-order valence-corrected chi connectivity index (χ1v) is 19.4. The van der Waals surface area contributed by atoms with E-state index >= 15 is 0 Å². The maximum atomic E-state index is 12.1. The van der Waals surface area contributed by atoms with Crippen molar-refractivity contribution in [1.29, 1.82) is 0 Å². The maximum absolute atomic E-state index is 12.1. The van der Waals surface area contributed by atoms with Crippen LogP contribution in [0, 0.1) is 52.3 Å². The van der Waals surface area contributed by atoms with Crippen LogP contribution in [0.2, 0.25) is 0 Å². The Balaban J connectivity index is 1.02. The molecule has 0 unspecified atom stereocenters. The van der Waals surface area contributed by atoms with E-state index in [-0.39, 0.29) is 29.3 Å². The van der Waals surface area contributed by atoms with E-state index in [1.807, 2.05) is 0 Å². The fourth-order valence-corrected chi connectivity index (χ4v) is 12.5. The predicted molar refractivity (Wildman–Crippen MR) is 179 cm³/mol. The highest BCUT2D eigenvalue weighted by Crippen LogP contribution is 2.71. The summed E-state index contributed by atoms with van der Waals surface area (Å²) in [7, 11) is 0. The third-order valence-electron chi connectivity index (χ3n) is 14.9. The Morgan fingerprint density at radius 1 is 0.820 bits per heavy atom. The van der Waals surface area contributed by atoms with Crippen LogP contribution in [-0.2, 0) is 47.5 Å². The van der Waals surface area contributed by atoms with Crippen molar-refractivity contribution in [2.45, 2.75) is 161 Å². The van der Waals surface area contributed by atoms with Crippen molar-refractivity contribution in [2.75, 3.05) is 13.2 Å². The van der Waals surface area contributed by atoms with Gasteiger partial charge in [-0.25, -0.2) is 0 Å². The lowest BCUT2D eigenvalue weighted by Crippen LogP contribution is -2.62. The summed E-state index contributed by atoms with van der Waals surface area (Å²) in [5.74, 6) is 1.90. The van der Waals surface area contributed by atoms with Gasteiger partial charge in [0.15, 0.2) is 24.3 Å². The average Bonchev–Trinajstić information content (AvgIpc) is 3.50. The number of esters is 3. The summed E-state index contributed by atoms with van der Waals surface area (Å²) in [5.41, 5.74) is 0.493. The van der Waals surface area contributed by atoms with E-state index in [1.54, 1.807) is 0 Å². The van der Waals surface area contributed by atoms with Gasteiger partial charge in [-0.2, -0.15) is 0 Å². The van der Waals surface area contributed by atoms with Crippen LogP contribution in [0.15, 0.2) is 0 Å². The zero-order valence-corrected chi connectivity index (χ0v) is 31.1. The number of ether oxygens (including phenoxy) is 7. The number of hydrogen-bond acceptors (Lipinski definition) is 11. The molecule has 7 rings (SSSR count). The molecule has 0 aromatic heterocycles. The molecule has 0 bridgehead atoms. The number of aliphatic hydroxyl groups is 1. The number of aliphatic hydroxyl groups excluding tert-OH is 1. The fourth-order valence-electron chi connectivity index (χ4n) is 12.5. The first-order valence-electron chi connectivity index (χ1n) is 19.4. The van der Waals surface area contributed by atoms with Crippen LogP contribution in [0.5, 0.6) is 0 Å². The molecule has 11 heteroatoms. The van der Waals surface area contributed by atoms with E-state index in [9.17, 15) is 19.5 Å². The monoisotopic (exact) mass is 704 g/mol. The lowest BCUT2D eigenvalue weighted by molar-refractivity contribution is -0.319. The van der Waals surface area contributed by atoms with Crippen molar-refractivity contribution in [1.82, 2.24) is 0 Å². The van der Waals surface area contributed by atoms with Crippen molar-refractivity contribution < 1.29 is 52.6 Å². The highest BCUT2D eigenvalue weighted by molar-refractivity contribution is 5.68. The van der Waals surface area contributed by atoms with Gasteiger partial charge in [0.1, 0.15) is 18.8 Å². The summed E-state index contributed by atoms with van der Waals surface area (Å²) < 4.78 is 42.3. The molecule has 0 aromatic carbocycles. The van der Waals surface area contributed by atoms with Crippen LogP contribution in [0.4, 0.5) is 0 Å². The molecular formula is C39H60O11. The Morgan fingerprint density at radius 2 is 1.54 bits per heavy atom. The Hall–Kier alpha value is -1.79. The molecule has 7 aliphatic rings. The second-order valence-electron chi connectivity index (χ2n) is 17.7. The van der Waals surface area contributed by atoms with Crippen LogP contribution < -0.4 is 0 Å². The summed E-state index contributed by atoms with van der Waals surface area (Å²) in [5, 5.41) is 11.4. The Kier molecular flexibility index (Phi) is 9.92. The van der Waals surface area contributed by atoms with E-state index in [0.29, 0.717) is 47.5 Å². The molecule has 3 aliphatic heterocycles. The van der Waals surface area contributed by atoms with Gasteiger partial charge < -0.3 is 38.3 Å². The molecule has 1 N–H and O–H groups in total. The molecule has 1 spiro atoms. The van der Waals surface area contributed by atoms with Gasteiger partial charge in [-0.05, 0) is 104 Å². The SMILES string of the molecule is CC(=O)OC[C@H]1O[C@@H](O[C@H]2CC[C@@]3(C)[C@H](CC[C@@H]4[C@@H]3CC[C@]3(C)[C@@H]5[C@H](C[C@@H]43)O[C@]3(CC[C@H](C)CO3)[C@H]5C)C2)[C@H](O)[C@@H](OC(C)=O)[C@@H]1OC(C)=O. The molecule has 50 heavy (non-hydrogen) atoms. The zero-order chi connectivity index (χ0) is 35.7. The van der Waals surface area contributed by atoms with Gasteiger partial charge >= 0.3 is 17.9 Å². The van der Waals surface area contributed by atoms with Crippen LogP contribution in [0.1, 0.15) is 113 Å². The molecule has 11 nitrogen and oxygen atoms in total. The standard InChI is InChI=1S/C39H60O11/c1-20-10-15-39(45-18-20)21(2)32-30(50-39)17-29-27-9-8-25-16-26(11-13-37(25,6)28(27)12-14-38(29,32)7)48-36-33(43)35(47-24(5)42)34(46-23(4)41)31(49-36)19-44-22(3)40/h20-21,25-36,43H,8-19H2,1-7H3/t20-,21-,25+,26-,27+,28-,29-,30-,31+,32-,33+,34+,35+,36+,37-,38-,39+/m0/s1. The Labute approximate surface area is 297 Å². The summed E-state index contributed by atoms with van der Waals surface area (Å²) in [6, 6.07) is 0. The largest absolute Gasteiger partial charge is 0.463 e. The normalized spacial score (nSPS) is 51.1. The van der Waals surface area contributed by atoms with Crippen molar-refractivity contribution in [3.63, 3.8) is 0 Å². The quantitative estimate of drug-likeness (QED) is 0.218. The lowest BCUT2D eigenvalue weighted by atomic mass is 9.44. The molecule has 0 amide bonds. The van der Waals surface area contributed by atoms with Gasteiger partial charge in [-0.3, -0.25) is 14.4 Å². The van der Waals surface area contributed by atoms with Gasteiger partial charge in [-0.15, -0.1) is 0 Å². The second kappa shape index (κ2) is 13.6. The summed E-state index contributed by atoms with van der Waals surface area (Å²) >= 11 is 0. The lowest BCUT2D eigenvalue weighted by Gasteiger charge is -2.61. The molecule has 0 radical (unpaired) electrons. The zero-order valence-electron chi connectivity index (χ0n) is 31.1. The summed E-state index contributed by atoms with van der Waals surface area (Å²) in [6.45, 7) is 14.1. The number of rotatable bonds is 6. The Bertz CT molecular complexity index is 1300. The van der Waals surface area contributed by atoms with Crippen molar-refractivity contribution in [2.24, 2.45) is 52.3 Å². The molecule has 3 saturated heterocycles. The van der Waals surface area contributed by atoms with Crippen molar-refractivity contribution in [3.05, 3.63) is 0 Å². The van der Waals surface area contributed by atoms with Gasteiger partial charge in [0, 0.05) is 33.1 Å². The van der Waals surface area contributed by atoms with Crippen LogP contribution in [-0.4, -0.2) is 84.9 Å². The van der Waals surface area contributed by atoms with E-state index in [2.05, 4.69) is 27.7 Å². The van der Waals surface area contributed by atoms with Crippen LogP contribution in [0.25, 0.3) is 0 Å². The third-order valence-corrected chi connectivity index (χ3v) is 14.9. The van der Waals surface area contributed by atoms with E-state index in [0.717, 1.165) is 45.1 Å². The molecule has 7 fully saturated rings. The van der Waals surface area contributed by atoms with Gasteiger partial charge in [-0.1, -0.05) is 27.7 Å². The summed E-state index contributed by atoms with van der Waals surface area (Å²) in [4.78, 5) is 35.7. The minimum atomic E-state index is -1.40. The van der Waals surface area contributed by atoms with Crippen LogP contribution in [0.3, 0.4) is 0 Å². The Morgan fingerprint density at radius 3 is 2.22 bits per heavy atom. The molecule has 282 valence electrons. The van der Waals surface area contributed by atoms with E-state index in [4.69, 9.17) is 33.2 Å². The van der Waals surface area contributed by atoms with E-state index < -0.39 is 48.6 Å². The van der Waals surface area contributed by atoms with E-state index in [1.165, 1.54) is 46.5 Å². The molecule has 4 saturated carbocycles. The van der Waals surface area contributed by atoms with Gasteiger partial charge in [0.25, 0.3) is 0 Å². The number of hydrogen-bond donors (Lipinski definition) is 1. The number of carbonyl (C=O) groups excluding carboxylic acids is 3. The number of fused-ring (bicyclic) bond motifs is 7. The smallest absolute Gasteiger partial charge is 0.303 e. The molecule has 3 heterocycles. The van der Waals surface area contributed by atoms with Gasteiger partial charge in [0.05, 0.1) is 18.8 Å². The first kappa shape index (κ1) is 36.6. The highest BCUT2D eigenvalue weighted by atomic mass is 16.7. The minimum Gasteiger partial charge on any atom is -0.463 e. The molecular weight excluding hydrogens is 644 g/mol. The predicted octanol–water partition coefficient (Wildman–Crippen LogP) is 5.33. The molecule has 0 aromatic rings. The fraction of sp³-hybridized carbons (Fsp3) is 0.923. The van der Waals surface area contributed by atoms with Gasteiger partial charge in [0.2, 0.25) is 0 Å². The van der Waals surface area contributed by atoms with Crippen LogP contribution >= 0.6 is 0 Å². The highest BCUT2D eigenvalue weighted by Gasteiger charge is 2.69. The molecule has 4 aliphatic carbocycles. The topological polar surface area (TPSA) is 136 Å². The minimum absolute atomic E-state index is 0.162. The van der Waals surface area contributed by atoms with Crippen molar-refractivity contribution >= 4 is 17.9 Å². The average molecular weight is 705 g/mol. The maximum Gasteiger partial charge on any atom is 0.303 e. The third kappa shape index (κ3) is 6.22.